The van der Waals surface area contributed by atoms with Gasteiger partial charge in [0.05, 0.1) is 11.7 Å². The van der Waals surface area contributed by atoms with Crippen molar-refractivity contribution in [3.63, 3.8) is 0 Å². The van der Waals surface area contributed by atoms with E-state index in [-0.39, 0.29) is 24.2 Å². The lowest BCUT2D eigenvalue weighted by atomic mass is 9.99. The lowest BCUT2D eigenvalue weighted by molar-refractivity contribution is -0.137. The van der Waals surface area contributed by atoms with E-state index >= 15 is 0 Å². The van der Waals surface area contributed by atoms with E-state index < -0.39 is 23.9 Å². The Morgan fingerprint density at radius 3 is 2.50 bits per heavy atom. The van der Waals surface area contributed by atoms with Crippen molar-refractivity contribution in [3.05, 3.63) is 39.8 Å². The summed E-state index contributed by atoms with van der Waals surface area (Å²) in [4.78, 5) is 2.48. The van der Waals surface area contributed by atoms with Crippen molar-refractivity contribution in [3.8, 4) is 0 Å². The molecule has 0 aliphatic rings. The summed E-state index contributed by atoms with van der Waals surface area (Å²) in [5.74, 6) is 0. The molecule has 0 spiro atoms. The number of azide groups is 1. The zero-order valence-electron chi connectivity index (χ0n) is 10.2. The van der Waals surface area contributed by atoms with Gasteiger partial charge in [0.25, 0.3) is 0 Å². The van der Waals surface area contributed by atoms with E-state index in [0.717, 1.165) is 12.1 Å². The number of nitrogens with two attached hydrogens (primary N) is 1. The van der Waals surface area contributed by atoms with E-state index in [2.05, 4.69) is 10.0 Å². The first-order chi connectivity index (χ1) is 9.27. The fraction of sp³-hybridized carbons (Fsp3) is 0.455. The number of anilines is 1. The molecule has 0 aliphatic carbocycles. The first-order valence-electron chi connectivity index (χ1n) is 5.61. The minimum Gasteiger partial charge on any atom is -0.398 e. The van der Waals surface area contributed by atoms with Gasteiger partial charge in [-0.15, -0.1) is 0 Å². The molecule has 4 N–H and O–H groups in total. The summed E-state index contributed by atoms with van der Waals surface area (Å²) in [6.45, 7) is -0.0464. The summed E-state index contributed by atoms with van der Waals surface area (Å²) in [6.07, 6.45) is -7.31. The highest BCUT2D eigenvalue weighted by atomic mass is 19.4. The minimum atomic E-state index is -4.53. The molecule has 6 nitrogen and oxygen atoms in total. The molecule has 2 unspecified atom stereocenters. The number of hydrogen-bond acceptors (Lipinski definition) is 4. The van der Waals surface area contributed by atoms with Crippen LogP contribution in [0.25, 0.3) is 10.4 Å². The predicted molar refractivity (Wildman–Crippen MR) is 65.5 cm³/mol. The first-order valence-corrected chi connectivity index (χ1v) is 5.61. The van der Waals surface area contributed by atoms with Crippen LogP contribution in [0.4, 0.5) is 18.9 Å². The summed E-state index contributed by atoms with van der Waals surface area (Å²) < 4.78 is 37.4. The van der Waals surface area contributed by atoms with Crippen molar-refractivity contribution in [1.82, 2.24) is 0 Å². The second-order valence-corrected chi connectivity index (χ2v) is 4.10. The molecule has 20 heavy (non-hydrogen) atoms. The Morgan fingerprint density at radius 2 is 2.00 bits per heavy atom. The quantitative estimate of drug-likeness (QED) is 0.334. The molecule has 2 atom stereocenters. The van der Waals surface area contributed by atoms with Gasteiger partial charge >= 0.3 is 6.18 Å². The van der Waals surface area contributed by atoms with Gasteiger partial charge in [0.2, 0.25) is 0 Å². The molecule has 1 aromatic rings. The molecule has 9 heteroatoms. The number of nitrogens with zero attached hydrogens (tertiary/aromatic N) is 3. The Morgan fingerprint density at radius 1 is 1.35 bits per heavy atom. The molecule has 0 aliphatic heterocycles. The highest BCUT2D eigenvalue weighted by Crippen LogP contribution is 2.33. The molecule has 0 radical (unpaired) electrons. The van der Waals surface area contributed by atoms with Crippen LogP contribution in [0.1, 0.15) is 23.7 Å². The van der Waals surface area contributed by atoms with E-state index in [1.165, 1.54) is 0 Å². The molecule has 1 aromatic carbocycles. The van der Waals surface area contributed by atoms with Crippen molar-refractivity contribution < 1.29 is 23.4 Å². The Bertz CT molecular complexity index is 515. The van der Waals surface area contributed by atoms with Crippen LogP contribution in [0.3, 0.4) is 0 Å². The van der Waals surface area contributed by atoms with E-state index in [1.807, 2.05) is 0 Å². The van der Waals surface area contributed by atoms with Crippen LogP contribution in [0.2, 0.25) is 0 Å². The average molecular weight is 290 g/mol. The van der Waals surface area contributed by atoms with Gasteiger partial charge in [-0.1, -0.05) is 11.2 Å². The van der Waals surface area contributed by atoms with Crippen LogP contribution >= 0.6 is 0 Å². The van der Waals surface area contributed by atoms with Crippen LogP contribution < -0.4 is 5.73 Å². The highest BCUT2D eigenvalue weighted by Gasteiger charge is 2.31. The fourth-order valence-corrected chi connectivity index (χ4v) is 1.62. The van der Waals surface area contributed by atoms with Gasteiger partial charge in [0.1, 0.15) is 6.10 Å². The summed E-state index contributed by atoms with van der Waals surface area (Å²) in [7, 11) is 0. The lowest BCUT2D eigenvalue weighted by Crippen LogP contribution is -2.20. The van der Waals surface area contributed by atoms with Crippen molar-refractivity contribution in [1.29, 1.82) is 0 Å². The number of aliphatic hydroxyl groups is 2. The zero-order chi connectivity index (χ0) is 15.3. The highest BCUT2D eigenvalue weighted by molar-refractivity contribution is 5.51. The summed E-state index contributed by atoms with van der Waals surface area (Å²) in [5, 5.41) is 22.6. The molecule has 0 heterocycles. The Hall–Kier alpha value is -1.96. The summed E-state index contributed by atoms with van der Waals surface area (Å²) in [5.41, 5.74) is 12.3. The minimum absolute atomic E-state index is 0.00793. The smallest absolute Gasteiger partial charge is 0.398 e. The van der Waals surface area contributed by atoms with Gasteiger partial charge in [0, 0.05) is 22.7 Å². The molecule has 0 fully saturated rings. The maximum Gasteiger partial charge on any atom is 0.416 e. The largest absolute Gasteiger partial charge is 0.416 e. The summed E-state index contributed by atoms with van der Waals surface area (Å²) >= 11 is 0. The zero-order valence-corrected chi connectivity index (χ0v) is 10.2. The van der Waals surface area contributed by atoms with Crippen LogP contribution in [0.15, 0.2) is 23.3 Å². The third-order valence-corrected chi connectivity index (χ3v) is 2.69. The van der Waals surface area contributed by atoms with Crippen LogP contribution in [0, 0.1) is 0 Å². The van der Waals surface area contributed by atoms with Crippen molar-refractivity contribution in [2.24, 2.45) is 5.11 Å². The van der Waals surface area contributed by atoms with Crippen LogP contribution in [0.5, 0.6) is 0 Å². The number of rotatable bonds is 5. The SMILES string of the molecule is [N-]=[N+]=NCCC(O)C(O)c1ccc(C(F)(F)F)cc1N. The predicted octanol–water partition coefficient (Wildman–Crippen LogP) is 2.38. The molecule has 110 valence electrons. The third kappa shape index (κ3) is 4.02. The van der Waals surface area contributed by atoms with Crippen molar-refractivity contribution in [2.45, 2.75) is 24.8 Å². The van der Waals surface area contributed by atoms with E-state index in [9.17, 15) is 23.4 Å². The first kappa shape index (κ1) is 16.1. The average Bonchev–Trinajstić information content (AvgIpc) is 2.37. The number of hydrogen-bond donors (Lipinski definition) is 3. The van der Waals surface area contributed by atoms with E-state index in [0.29, 0.717) is 6.07 Å². The maximum atomic E-state index is 12.5. The molecule has 0 amide bonds. The molecule has 1 rings (SSSR count). The Balaban J connectivity index is 2.88. The maximum absolute atomic E-state index is 12.5. The van der Waals surface area contributed by atoms with Gasteiger partial charge in [-0.2, -0.15) is 13.2 Å². The fourth-order valence-electron chi connectivity index (χ4n) is 1.62. The van der Waals surface area contributed by atoms with Crippen LogP contribution in [-0.2, 0) is 6.18 Å². The number of aliphatic hydroxyl groups excluding tert-OH is 2. The number of alkyl halides is 3. The van der Waals surface area contributed by atoms with Crippen LogP contribution in [-0.4, -0.2) is 22.9 Å². The number of nitrogen functional groups attached to an aromatic ring is 1. The molecular formula is C11H13F3N4O2. The van der Waals surface area contributed by atoms with Gasteiger partial charge in [-0.25, -0.2) is 0 Å². The number of halogens is 3. The van der Waals surface area contributed by atoms with E-state index in [1.54, 1.807) is 0 Å². The standard InChI is InChI=1S/C11H13F3N4O2/c12-11(13,14)6-1-2-7(8(15)5-6)10(20)9(19)3-4-17-18-16/h1-2,5,9-10,19-20H,3-4,15H2. The number of benzene rings is 1. The molecule has 0 saturated heterocycles. The topological polar surface area (TPSA) is 115 Å². The van der Waals surface area contributed by atoms with Crippen molar-refractivity contribution >= 4 is 5.69 Å². The molecule has 0 bridgehead atoms. The monoisotopic (exact) mass is 290 g/mol. The van der Waals surface area contributed by atoms with Gasteiger partial charge in [-0.05, 0) is 24.1 Å². The Labute approximate surface area is 112 Å². The molecular weight excluding hydrogens is 277 g/mol. The van der Waals surface area contributed by atoms with Crippen molar-refractivity contribution in [2.75, 3.05) is 12.3 Å². The van der Waals surface area contributed by atoms with E-state index in [4.69, 9.17) is 11.3 Å². The second-order valence-electron chi connectivity index (χ2n) is 4.10. The van der Waals surface area contributed by atoms with Gasteiger partial charge in [0.15, 0.2) is 0 Å². The molecule has 0 aromatic heterocycles. The molecule has 0 saturated carbocycles. The lowest BCUT2D eigenvalue weighted by Gasteiger charge is -2.20. The van der Waals surface area contributed by atoms with Gasteiger partial charge < -0.3 is 15.9 Å². The second kappa shape index (κ2) is 6.47. The summed E-state index contributed by atoms with van der Waals surface area (Å²) in [6, 6.07) is 2.48. The Kier molecular flexibility index (Phi) is 5.20. The normalized spacial score (nSPS) is 14.4. The third-order valence-electron chi connectivity index (χ3n) is 2.69. The van der Waals surface area contributed by atoms with Gasteiger partial charge in [-0.3, -0.25) is 0 Å².